The molecule has 2 rings (SSSR count). The first kappa shape index (κ1) is 14.5. The Morgan fingerprint density at radius 1 is 1.40 bits per heavy atom. The molecule has 20 heavy (non-hydrogen) atoms. The van der Waals surface area contributed by atoms with Crippen LogP contribution in [0.25, 0.3) is 0 Å². The number of aromatic nitrogens is 2. The number of nitrogens with zero attached hydrogens (tertiary/aromatic N) is 2. The van der Waals surface area contributed by atoms with Crippen LogP contribution in [-0.2, 0) is 23.1 Å². The van der Waals surface area contributed by atoms with Crippen LogP contribution >= 0.6 is 0 Å². The van der Waals surface area contributed by atoms with Crippen LogP contribution in [0.15, 0.2) is 27.6 Å². The van der Waals surface area contributed by atoms with E-state index in [2.05, 4.69) is 10.1 Å². The van der Waals surface area contributed by atoms with Gasteiger partial charge in [-0.15, -0.1) is 0 Å². The minimum atomic E-state index is -3.71. The largest absolute Gasteiger partial charge is 0.483 e. The Labute approximate surface area is 116 Å². The lowest BCUT2D eigenvalue weighted by atomic mass is 10.2. The number of hydrogen-bond acceptors (Lipinski definition) is 6. The molecule has 1 aromatic carbocycles. The molecular formula is C12H15N3O4S. The van der Waals surface area contributed by atoms with Crippen LogP contribution in [0.4, 0.5) is 0 Å². The fourth-order valence-electron chi connectivity index (χ4n) is 1.59. The Kier molecular flexibility index (Phi) is 4.05. The molecule has 0 atom stereocenters. The summed E-state index contributed by atoms with van der Waals surface area (Å²) in [7, 11) is -3.71. The Morgan fingerprint density at radius 2 is 2.15 bits per heavy atom. The van der Waals surface area contributed by atoms with E-state index in [-0.39, 0.29) is 11.5 Å². The van der Waals surface area contributed by atoms with Gasteiger partial charge >= 0.3 is 0 Å². The first-order chi connectivity index (χ1) is 9.40. The zero-order valence-corrected chi connectivity index (χ0v) is 12.0. The molecule has 1 heterocycles. The summed E-state index contributed by atoms with van der Waals surface area (Å²) in [6.07, 6.45) is 0.686. The topological polar surface area (TPSA) is 108 Å². The van der Waals surface area contributed by atoms with Gasteiger partial charge in [0, 0.05) is 6.42 Å². The van der Waals surface area contributed by atoms with Crippen LogP contribution in [0, 0.1) is 6.92 Å². The van der Waals surface area contributed by atoms with Gasteiger partial charge in [0.25, 0.3) is 5.89 Å². The Morgan fingerprint density at radius 3 is 2.70 bits per heavy atom. The van der Waals surface area contributed by atoms with Gasteiger partial charge in [0.15, 0.2) is 12.4 Å². The molecule has 0 radical (unpaired) electrons. The van der Waals surface area contributed by atoms with E-state index in [0.717, 1.165) is 0 Å². The molecule has 7 nitrogen and oxygen atoms in total. The van der Waals surface area contributed by atoms with Crippen LogP contribution in [0.5, 0.6) is 5.75 Å². The molecule has 0 aliphatic carbocycles. The highest BCUT2D eigenvalue weighted by molar-refractivity contribution is 7.89. The maximum absolute atomic E-state index is 11.2. The normalized spacial score (nSPS) is 11.6. The predicted molar refractivity (Wildman–Crippen MR) is 70.6 cm³/mol. The number of aryl methyl sites for hydroxylation is 2. The standard InChI is InChI=1S/C12H15N3O4S/c1-3-11-14-12(19-15-11)7-18-10-5-4-9(6-8(10)2)20(13,16)17/h4-6H,3,7H2,1-2H3,(H2,13,16,17). The van der Waals surface area contributed by atoms with Gasteiger partial charge in [0.2, 0.25) is 10.0 Å². The molecule has 108 valence electrons. The second-order valence-corrected chi connectivity index (χ2v) is 5.78. The van der Waals surface area contributed by atoms with Gasteiger partial charge in [-0.1, -0.05) is 12.1 Å². The van der Waals surface area contributed by atoms with Gasteiger partial charge in [-0.3, -0.25) is 0 Å². The van der Waals surface area contributed by atoms with E-state index in [1.54, 1.807) is 13.0 Å². The van der Waals surface area contributed by atoms with Crippen molar-refractivity contribution < 1.29 is 17.7 Å². The Bertz CT molecular complexity index is 709. The number of primary sulfonamides is 1. The molecule has 0 saturated carbocycles. The zero-order chi connectivity index (χ0) is 14.8. The maximum atomic E-state index is 11.2. The van der Waals surface area contributed by atoms with E-state index in [1.165, 1.54) is 12.1 Å². The van der Waals surface area contributed by atoms with Crippen molar-refractivity contribution in [2.24, 2.45) is 5.14 Å². The lowest BCUT2D eigenvalue weighted by molar-refractivity contribution is 0.241. The van der Waals surface area contributed by atoms with Crippen molar-refractivity contribution in [1.29, 1.82) is 0 Å². The quantitative estimate of drug-likeness (QED) is 0.887. The third kappa shape index (κ3) is 3.34. The smallest absolute Gasteiger partial charge is 0.264 e. The molecule has 8 heteroatoms. The molecule has 0 amide bonds. The lowest BCUT2D eigenvalue weighted by Crippen LogP contribution is -2.12. The first-order valence-corrected chi connectivity index (χ1v) is 7.52. The summed E-state index contributed by atoms with van der Waals surface area (Å²) in [5.41, 5.74) is 0.659. The van der Waals surface area contributed by atoms with Gasteiger partial charge in [-0.05, 0) is 30.7 Å². The number of nitrogens with two attached hydrogens (primary N) is 1. The highest BCUT2D eigenvalue weighted by atomic mass is 32.2. The van der Waals surface area contributed by atoms with Gasteiger partial charge < -0.3 is 9.26 Å². The average molecular weight is 297 g/mol. The molecule has 2 N–H and O–H groups in total. The summed E-state index contributed by atoms with van der Waals surface area (Å²) < 4.78 is 32.9. The van der Waals surface area contributed by atoms with Crippen LogP contribution in [0.2, 0.25) is 0 Å². The zero-order valence-electron chi connectivity index (χ0n) is 11.2. The Hall–Kier alpha value is -1.93. The highest BCUT2D eigenvalue weighted by Crippen LogP contribution is 2.22. The monoisotopic (exact) mass is 297 g/mol. The van der Waals surface area contributed by atoms with Crippen molar-refractivity contribution >= 4 is 10.0 Å². The molecule has 0 saturated heterocycles. The average Bonchev–Trinajstić information content (AvgIpc) is 2.84. The van der Waals surface area contributed by atoms with E-state index in [9.17, 15) is 8.42 Å². The molecular weight excluding hydrogens is 282 g/mol. The van der Waals surface area contributed by atoms with Gasteiger partial charge in [0.05, 0.1) is 4.90 Å². The van der Waals surface area contributed by atoms with E-state index < -0.39 is 10.0 Å². The summed E-state index contributed by atoms with van der Waals surface area (Å²) in [5, 5.41) is 8.81. The van der Waals surface area contributed by atoms with Crippen molar-refractivity contribution in [3.8, 4) is 5.75 Å². The maximum Gasteiger partial charge on any atom is 0.264 e. The van der Waals surface area contributed by atoms with Crippen molar-refractivity contribution in [2.45, 2.75) is 31.8 Å². The van der Waals surface area contributed by atoms with E-state index in [4.69, 9.17) is 14.4 Å². The van der Waals surface area contributed by atoms with Crippen LogP contribution < -0.4 is 9.88 Å². The molecule has 0 bridgehead atoms. The van der Waals surface area contributed by atoms with Crippen molar-refractivity contribution in [3.05, 3.63) is 35.5 Å². The third-order valence-corrected chi connectivity index (χ3v) is 3.56. The summed E-state index contributed by atoms with van der Waals surface area (Å²) >= 11 is 0. The molecule has 0 fully saturated rings. The van der Waals surface area contributed by atoms with Crippen LogP contribution in [0.3, 0.4) is 0 Å². The summed E-state index contributed by atoms with van der Waals surface area (Å²) in [6.45, 7) is 3.78. The van der Waals surface area contributed by atoms with Gasteiger partial charge in [-0.2, -0.15) is 4.98 Å². The number of ether oxygens (including phenoxy) is 1. The summed E-state index contributed by atoms with van der Waals surface area (Å²) in [6, 6.07) is 4.39. The number of hydrogen-bond donors (Lipinski definition) is 1. The molecule has 2 aromatic rings. The van der Waals surface area contributed by atoms with E-state index >= 15 is 0 Å². The molecule has 0 spiro atoms. The third-order valence-electron chi connectivity index (χ3n) is 2.65. The van der Waals surface area contributed by atoms with E-state index in [0.29, 0.717) is 29.4 Å². The second-order valence-electron chi connectivity index (χ2n) is 4.22. The van der Waals surface area contributed by atoms with Gasteiger partial charge in [0.1, 0.15) is 5.75 Å². The first-order valence-electron chi connectivity index (χ1n) is 5.98. The second kappa shape index (κ2) is 5.59. The summed E-state index contributed by atoms with van der Waals surface area (Å²) in [5.74, 6) is 1.52. The van der Waals surface area contributed by atoms with Gasteiger partial charge in [-0.25, -0.2) is 13.6 Å². The number of benzene rings is 1. The minimum Gasteiger partial charge on any atom is -0.483 e. The lowest BCUT2D eigenvalue weighted by Gasteiger charge is -2.08. The Balaban J connectivity index is 2.10. The van der Waals surface area contributed by atoms with Crippen LogP contribution in [-0.4, -0.2) is 18.6 Å². The number of rotatable bonds is 5. The number of sulfonamides is 1. The van der Waals surface area contributed by atoms with E-state index in [1.807, 2.05) is 6.92 Å². The van der Waals surface area contributed by atoms with Crippen molar-refractivity contribution in [3.63, 3.8) is 0 Å². The summed E-state index contributed by atoms with van der Waals surface area (Å²) in [4.78, 5) is 4.16. The molecule has 0 unspecified atom stereocenters. The SMILES string of the molecule is CCc1noc(COc2ccc(S(N)(=O)=O)cc2C)n1. The van der Waals surface area contributed by atoms with Crippen LogP contribution in [0.1, 0.15) is 24.2 Å². The predicted octanol–water partition coefficient (Wildman–Crippen LogP) is 1.17. The van der Waals surface area contributed by atoms with Crippen molar-refractivity contribution in [1.82, 2.24) is 10.1 Å². The fraction of sp³-hybridized carbons (Fsp3) is 0.333. The highest BCUT2D eigenvalue weighted by Gasteiger charge is 2.11. The molecule has 0 aliphatic heterocycles. The fourth-order valence-corrected chi connectivity index (χ4v) is 2.19. The minimum absolute atomic E-state index is 0.0495. The molecule has 1 aromatic heterocycles. The molecule has 0 aliphatic rings. The van der Waals surface area contributed by atoms with Crippen molar-refractivity contribution in [2.75, 3.05) is 0 Å².